The molecule has 0 unspecified atom stereocenters. The first-order valence-electron chi connectivity index (χ1n) is 7.07. The van der Waals surface area contributed by atoms with Crippen molar-refractivity contribution in [3.63, 3.8) is 0 Å². The van der Waals surface area contributed by atoms with Crippen LogP contribution >= 0.6 is 12.2 Å². The highest BCUT2D eigenvalue weighted by Crippen LogP contribution is 2.21. The SMILES string of the molecule is CCCCNC(=S)NC(=O)CN1C(=O)c2ccccc2C1=O. The Hall–Kier alpha value is -2.28. The van der Waals surface area contributed by atoms with Crippen molar-refractivity contribution in [2.24, 2.45) is 0 Å². The molecule has 1 aromatic rings. The van der Waals surface area contributed by atoms with Gasteiger partial charge in [0.15, 0.2) is 5.11 Å². The first-order valence-corrected chi connectivity index (χ1v) is 7.48. The van der Waals surface area contributed by atoms with Gasteiger partial charge in [-0.05, 0) is 30.8 Å². The number of benzene rings is 1. The molecule has 116 valence electrons. The lowest BCUT2D eigenvalue weighted by molar-refractivity contribution is -0.120. The molecule has 7 heteroatoms. The van der Waals surface area contributed by atoms with Crippen LogP contribution in [0.25, 0.3) is 0 Å². The van der Waals surface area contributed by atoms with Gasteiger partial charge in [0.25, 0.3) is 11.8 Å². The minimum atomic E-state index is -0.497. The average molecular weight is 319 g/mol. The molecule has 0 fully saturated rings. The van der Waals surface area contributed by atoms with Gasteiger partial charge in [0, 0.05) is 6.54 Å². The van der Waals surface area contributed by atoms with E-state index in [1.54, 1.807) is 24.3 Å². The fourth-order valence-electron chi connectivity index (χ4n) is 2.12. The summed E-state index contributed by atoms with van der Waals surface area (Å²) in [6.45, 7) is 2.37. The van der Waals surface area contributed by atoms with E-state index in [0.717, 1.165) is 17.7 Å². The smallest absolute Gasteiger partial charge is 0.262 e. The summed E-state index contributed by atoms with van der Waals surface area (Å²) in [6, 6.07) is 6.51. The van der Waals surface area contributed by atoms with Crippen LogP contribution in [0, 0.1) is 0 Å². The maximum atomic E-state index is 12.1. The van der Waals surface area contributed by atoms with Gasteiger partial charge in [-0.15, -0.1) is 0 Å². The van der Waals surface area contributed by atoms with Crippen LogP contribution in [-0.4, -0.2) is 40.8 Å². The van der Waals surface area contributed by atoms with Gasteiger partial charge >= 0.3 is 0 Å². The Labute approximate surface area is 133 Å². The lowest BCUT2D eigenvalue weighted by Crippen LogP contribution is -2.46. The van der Waals surface area contributed by atoms with E-state index in [1.807, 2.05) is 6.92 Å². The number of thiocarbonyl (C=S) groups is 1. The number of hydrogen-bond acceptors (Lipinski definition) is 4. The van der Waals surface area contributed by atoms with E-state index in [-0.39, 0.29) is 11.7 Å². The van der Waals surface area contributed by atoms with Crippen molar-refractivity contribution in [1.82, 2.24) is 15.5 Å². The molecule has 0 saturated heterocycles. The third-order valence-electron chi connectivity index (χ3n) is 3.25. The molecular weight excluding hydrogens is 302 g/mol. The van der Waals surface area contributed by atoms with Crippen LogP contribution < -0.4 is 10.6 Å². The molecular formula is C15H17N3O3S. The Balaban J connectivity index is 1.92. The summed E-state index contributed by atoms with van der Waals surface area (Å²) >= 11 is 4.98. The molecule has 2 rings (SSSR count). The Morgan fingerprint density at radius 1 is 1.18 bits per heavy atom. The molecule has 0 atom stereocenters. The van der Waals surface area contributed by atoms with Crippen LogP contribution in [-0.2, 0) is 4.79 Å². The number of fused-ring (bicyclic) bond motifs is 1. The maximum absolute atomic E-state index is 12.1. The molecule has 1 heterocycles. The van der Waals surface area contributed by atoms with E-state index in [9.17, 15) is 14.4 Å². The Morgan fingerprint density at radius 3 is 2.32 bits per heavy atom. The Morgan fingerprint density at radius 2 is 1.77 bits per heavy atom. The van der Waals surface area contributed by atoms with Gasteiger partial charge < -0.3 is 10.6 Å². The van der Waals surface area contributed by atoms with E-state index in [2.05, 4.69) is 10.6 Å². The lowest BCUT2D eigenvalue weighted by Gasteiger charge is -2.14. The second-order valence-electron chi connectivity index (χ2n) is 4.90. The zero-order valence-corrected chi connectivity index (χ0v) is 13.0. The number of amides is 3. The van der Waals surface area contributed by atoms with Crippen molar-refractivity contribution >= 4 is 35.1 Å². The number of rotatable bonds is 5. The molecule has 0 aliphatic carbocycles. The number of nitrogens with zero attached hydrogens (tertiary/aromatic N) is 1. The molecule has 0 radical (unpaired) electrons. The van der Waals surface area contributed by atoms with Crippen molar-refractivity contribution < 1.29 is 14.4 Å². The van der Waals surface area contributed by atoms with Gasteiger partial charge in [0.2, 0.25) is 5.91 Å². The number of nitrogens with one attached hydrogen (secondary N) is 2. The molecule has 2 N–H and O–H groups in total. The van der Waals surface area contributed by atoms with Gasteiger partial charge in [-0.2, -0.15) is 0 Å². The minimum Gasteiger partial charge on any atom is -0.362 e. The molecule has 1 aromatic carbocycles. The van der Waals surface area contributed by atoms with Gasteiger partial charge in [0.05, 0.1) is 11.1 Å². The van der Waals surface area contributed by atoms with Crippen molar-refractivity contribution in [3.8, 4) is 0 Å². The summed E-state index contributed by atoms with van der Waals surface area (Å²) in [7, 11) is 0. The Kier molecular flexibility index (Phi) is 5.21. The highest BCUT2D eigenvalue weighted by molar-refractivity contribution is 7.80. The highest BCUT2D eigenvalue weighted by Gasteiger charge is 2.36. The van der Waals surface area contributed by atoms with E-state index in [4.69, 9.17) is 12.2 Å². The third kappa shape index (κ3) is 3.48. The number of hydrogen-bond donors (Lipinski definition) is 2. The monoisotopic (exact) mass is 319 g/mol. The molecule has 0 bridgehead atoms. The van der Waals surface area contributed by atoms with Gasteiger partial charge in [-0.25, -0.2) is 0 Å². The quantitative estimate of drug-likeness (QED) is 0.482. The van der Waals surface area contributed by atoms with E-state index < -0.39 is 17.7 Å². The van der Waals surface area contributed by atoms with Crippen molar-refractivity contribution in [2.75, 3.05) is 13.1 Å². The zero-order valence-electron chi connectivity index (χ0n) is 12.2. The Bertz CT molecular complexity index is 595. The van der Waals surface area contributed by atoms with Gasteiger partial charge in [-0.1, -0.05) is 25.5 Å². The summed E-state index contributed by atoms with van der Waals surface area (Å²) in [5.41, 5.74) is 0.646. The molecule has 1 aliphatic rings. The normalized spacial score (nSPS) is 13.0. The lowest BCUT2D eigenvalue weighted by atomic mass is 10.1. The summed E-state index contributed by atoms with van der Waals surface area (Å²) in [5.74, 6) is -1.41. The van der Waals surface area contributed by atoms with Crippen LogP contribution in [0.4, 0.5) is 0 Å². The molecule has 0 spiro atoms. The van der Waals surface area contributed by atoms with Gasteiger partial charge in [0.1, 0.15) is 6.54 Å². The third-order valence-corrected chi connectivity index (χ3v) is 3.50. The predicted octanol–water partition coefficient (Wildman–Crippen LogP) is 1.07. The van der Waals surface area contributed by atoms with Gasteiger partial charge in [-0.3, -0.25) is 19.3 Å². The van der Waals surface area contributed by atoms with E-state index in [1.165, 1.54) is 0 Å². The molecule has 3 amide bonds. The summed E-state index contributed by atoms with van der Waals surface area (Å²) < 4.78 is 0. The second kappa shape index (κ2) is 7.13. The fraction of sp³-hybridized carbons (Fsp3) is 0.333. The summed E-state index contributed by atoms with van der Waals surface area (Å²) in [4.78, 5) is 37.1. The summed E-state index contributed by atoms with van der Waals surface area (Å²) in [6.07, 6.45) is 1.95. The number of imide groups is 1. The maximum Gasteiger partial charge on any atom is 0.262 e. The zero-order chi connectivity index (χ0) is 16.1. The van der Waals surface area contributed by atoms with Crippen molar-refractivity contribution in [3.05, 3.63) is 35.4 Å². The van der Waals surface area contributed by atoms with Crippen LogP contribution in [0.15, 0.2) is 24.3 Å². The molecule has 0 saturated carbocycles. The van der Waals surface area contributed by atoms with E-state index >= 15 is 0 Å². The number of carbonyl (C=O) groups is 3. The molecule has 0 aromatic heterocycles. The average Bonchev–Trinajstić information content (AvgIpc) is 2.73. The standard InChI is InChI=1S/C15H17N3O3S/c1-2-3-8-16-15(22)17-12(19)9-18-13(20)10-6-4-5-7-11(10)14(18)21/h4-7H,2-3,8-9H2,1H3,(H2,16,17,19,22). The predicted molar refractivity (Wildman–Crippen MR) is 85.5 cm³/mol. The van der Waals surface area contributed by atoms with Crippen molar-refractivity contribution in [2.45, 2.75) is 19.8 Å². The fourth-order valence-corrected chi connectivity index (χ4v) is 2.33. The molecule has 6 nitrogen and oxygen atoms in total. The van der Waals surface area contributed by atoms with E-state index in [0.29, 0.717) is 17.7 Å². The van der Waals surface area contributed by atoms with Crippen LogP contribution in [0.3, 0.4) is 0 Å². The van der Waals surface area contributed by atoms with Crippen LogP contribution in [0.1, 0.15) is 40.5 Å². The topological polar surface area (TPSA) is 78.5 Å². The minimum absolute atomic E-state index is 0.204. The van der Waals surface area contributed by atoms with Crippen LogP contribution in [0.5, 0.6) is 0 Å². The first kappa shape index (κ1) is 16.1. The summed E-state index contributed by atoms with van der Waals surface area (Å²) in [5, 5.41) is 5.56. The number of unbranched alkanes of at least 4 members (excludes halogenated alkanes) is 1. The second-order valence-corrected chi connectivity index (χ2v) is 5.31. The van der Waals surface area contributed by atoms with Crippen LogP contribution in [0.2, 0.25) is 0 Å². The van der Waals surface area contributed by atoms with Crippen molar-refractivity contribution in [1.29, 1.82) is 0 Å². The molecule has 22 heavy (non-hydrogen) atoms. The largest absolute Gasteiger partial charge is 0.362 e. The first-order chi connectivity index (χ1) is 10.5. The highest BCUT2D eigenvalue weighted by atomic mass is 32.1. The molecule has 1 aliphatic heterocycles. The number of carbonyl (C=O) groups excluding carboxylic acids is 3.